The van der Waals surface area contributed by atoms with Gasteiger partial charge in [-0.3, -0.25) is 4.79 Å². The summed E-state index contributed by atoms with van der Waals surface area (Å²) in [6.45, 7) is -0.513. The lowest BCUT2D eigenvalue weighted by Crippen LogP contribution is -2.56. The van der Waals surface area contributed by atoms with E-state index >= 15 is 0 Å². The van der Waals surface area contributed by atoms with Crippen LogP contribution in [-0.4, -0.2) is 53.6 Å². The number of ether oxygens (including phenoxy) is 2. The Labute approximate surface area is 172 Å². The molecule has 164 valence electrons. The summed E-state index contributed by atoms with van der Waals surface area (Å²) in [4.78, 5) is 33.6. The monoisotopic (exact) mass is 425 g/mol. The number of hydrogen-bond acceptors (Lipinski definition) is 7. The smallest absolute Gasteiger partial charge is 0.414 e. The van der Waals surface area contributed by atoms with E-state index in [1.807, 2.05) is 0 Å². The Hall–Kier alpha value is -2.72. The SMILES string of the molecule is NC(=O)[C@H]1CCCC[C@H]1NC(=O)Oc1cnc(N2CC(F)(F)C2)c(OCC2CC2)n1. The largest absolute Gasteiger partial charge is 0.475 e. The van der Waals surface area contributed by atoms with Crippen LogP contribution >= 0.6 is 0 Å². The van der Waals surface area contributed by atoms with Gasteiger partial charge in [-0.1, -0.05) is 12.8 Å². The van der Waals surface area contributed by atoms with Gasteiger partial charge < -0.3 is 25.4 Å². The summed E-state index contributed by atoms with van der Waals surface area (Å²) in [7, 11) is 0. The van der Waals surface area contributed by atoms with Crippen molar-refractivity contribution in [3.8, 4) is 11.8 Å². The molecule has 11 heteroatoms. The summed E-state index contributed by atoms with van der Waals surface area (Å²) in [6, 6.07) is -0.398. The Morgan fingerprint density at radius 3 is 2.63 bits per heavy atom. The second-order valence-electron chi connectivity index (χ2n) is 8.24. The lowest BCUT2D eigenvalue weighted by molar-refractivity contribution is -0.123. The van der Waals surface area contributed by atoms with Gasteiger partial charge in [-0.05, 0) is 31.6 Å². The van der Waals surface area contributed by atoms with Gasteiger partial charge in [0.15, 0.2) is 5.82 Å². The first-order chi connectivity index (χ1) is 14.3. The van der Waals surface area contributed by atoms with Gasteiger partial charge in [0.2, 0.25) is 11.8 Å². The summed E-state index contributed by atoms with van der Waals surface area (Å²) in [5, 5.41) is 2.67. The van der Waals surface area contributed by atoms with Crippen LogP contribution in [0.5, 0.6) is 11.8 Å². The second kappa shape index (κ2) is 8.19. The first kappa shape index (κ1) is 20.5. The quantitative estimate of drug-likeness (QED) is 0.684. The van der Waals surface area contributed by atoms with Crippen molar-refractivity contribution in [3.05, 3.63) is 6.20 Å². The van der Waals surface area contributed by atoms with Crippen LogP contribution < -0.4 is 25.4 Å². The number of anilines is 1. The van der Waals surface area contributed by atoms with Crippen LogP contribution in [0, 0.1) is 11.8 Å². The van der Waals surface area contributed by atoms with Gasteiger partial charge in [-0.25, -0.2) is 18.6 Å². The summed E-state index contributed by atoms with van der Waals surface area (Å²) in [5.41, 5.74) is 5.42. The molecule has 0 spiro atoms. The molecule has 3 fully saturated rings. The Kier molecular flexibility index (Phi) is 5.61. The first-order valence-corrected chi connectivity index (χ1v) is 10.2. The minimum absolute atomic E-state index is 0.0652. The van der Waals surface area contributed by atoms with Gasteiger partial charge in [-0.2, -0.15) is 4.98 Å². The average Bonchev–Trinajstić information content (AvgIpc) is 3.49. The van der Waals surface area contributed by atoms with Crippen molar-refractivity contribution >= 4 is 17.8 Å². The molecule has 1 aromatic heterocycles. The van der Waals surface area contributed by atoms with E-state index in [9.17, 15) is 18.4 Å². The average molecular weight is 425 g/mol. The highest BCUT2D eigenvalue weighted by Crippen LogP contribution is 2.37. The second-order valence-corrected chi connectivity index (χ2v) is 8.24. The molecule has 2 heterocycles. The zero-order chi connectivity index (χ0) is 21.3. The minimum atomic E-state index is -2.76. The molecule has 2 saturated carbocycles. The number of amides is 2. The molecule has 4 rings (SSSR count). The fourth-order valence-corrected chi connectivity index (χ4v) is 3.78. The molecule has 2 aliphatic carbocycles. The number of aromatic nitrogens is 2. The number of nitrogens with two attached hydrogens (primary N) is 1. The lowest BCUT2D eigenvalue weighted by atomic mass is 9.84. The predicted octanol–water partition coefficient (Wildman–Crippen LogP) is 1.85. The number of carbonyl (C=O) groups is 2. The zero-order valence-electron chi connectivity index (χ0n) is 16.5. The fourth-order valence-electron chi connectivity index (χ4n) is 3.78. The summed E-state index contributed by atoms with van der Waals surface area (Å²) >= 11 is 0. The van der Waals surface area contributed by atoms with E-state index in [0.717, 1.165) is 25.7 Å². The van der Waals surface area contributed by atoms with Crippen LogP contribution in [0.15, 0.2) is 6.20 Å². The summed E-state index contributed by atoms with van der Waals surface area (Å²) in [5.74, 6) is -3.08. The molecule has 0 radical (unpaired) electrons. The van der Waals surface area contributed by atoms with E-state index < -0.39 is 43.0 Å². The lowest BCUT2D eigenvalue weighted by Gasteiger charge is -2.39. The van der Waals surface area contributed by atoms with Crippen LogP contribution in [0.3, 0.4) is 0 Å². The van der Waals surface area contributed by atoms with Crippen molar-refractivity contribution in [2.75, 3.05) is 24.6 Å². The predicted molar refractivity (Wildman–Crippen MR) is 102 cm³/mol. The van der Waals surface area contributed by atoms with E-state index in [4.69, 9.17) is 15.2 Å². The van der Waals surface area contributed by atoms with Crippen LogP contribution in [0.25, 0.3) is 0 Å². The van der Waals surface area contributed by atoms with E-state index in [-0.39, 0.29) is 17.6 Å². The number of alkyl halides is 2. The molecule has 2 amide bonds. The zero-order valence-corrected chi connectivity index (χ0v) is 16.5. The third kappa shape index (κ3) is 4.88. The molecule has 0 unspecified atom stereocenters. The summed E-state index contributed by atoms with van der Waals surface area (Å²) in [6.07, 6.45) is 5.52. The normalized spacial score (nSPS) is 25.2. The number of hydrogen-bond donors (Lipinski definition) is 2. The van der Waals surface area contributed by atoms with E-state index in [0.29, 0.717) is 25.4 Å². The van der Waals surface area contributed by atoms with Gasteiger partial charge in [0, 0.05) is 6.04 Å². The molecule has 1 aromatic rings. The molecule has 30 heavy (non-hydrogen) atoms. The van der Waals surface area contributed by atoms with E-state index in [1.165, 1.54) is 11.1 Å². The topological polar surface area (TPSA) is 120 Å². The standard InChI is InChI=1S/C19H25F2N5O4/c20-19(21)9-26(10-19)16-17(29-8-11-5-6-11)25-14(7-23-16)30-18(28)24-13-4-2-1-3-12(13)15(22)27/h7,11-13H,1-6,8-10H2,(H2,22,27)(H,24,28)/t12-,13+/m0/s1. The third-order valence-electron chi connectivity index (χ3n) is 5.63. The van der Waals surface area contributed by atoms with Crippen LogP contribution in [0.4, 0.5) is 19.4 Å². The van der Waals surface area contributed by atoms with Crippen LogP contribution in [-0.2, 0) is 4.79 Å². The maximum atomic E-state index is 13.3. The Morgan fingerprint density at radius 2 is 1.97 bits per heavy atom. The van der Waals surface area contributed by atoms with Gasteiger partial charge in [0.25, 0.3) is 11.8 Å². The Balaban J connectivity index is 1.42. The first-order valence-electron chi connectivity index (χ1n) is 10.2. The number of nitrogens with zero attached hydrogens (tertiary/aromatic N) is 3. The van der Waals surface area contributed by atoms with E-state index in [1.54, 1.807) is 0 Å². The highest BCUT2D eigenvalue weighted by atomic mass is 19.3. The molecule has 0 aromatic carbocycles. The maximum absolute atomic E-state index is 13.3. The molecule has 9 nitrogen and oxygen atoms in total. The number of halogens is 2. The van der Waals surface area contributed by atoms with Crippen LogP contribution in [0.1, 0.15) is 38.5 Å². The van der Waals surface area contributed by atoms with Crippen molar-refractivity contribution in [2.24, 2.45) is 17.6 Å². The molecule has 3 N–H and O–H groups in total. The van der Waals surface area contributed by atoms with Gasteiger partial charge >= 0.3 is 6.09 Å². The highest BCUT2D eigenvalue weighted by molar-refractivity contribution is 5.79. The molecule has 2 atom stereocenters. The van der Waals surface area contributed by atoms with Crippen molar-refractivity contribution in [1.82, 2.24) is 15.3 Å². The molecule has 1 aliphatic heterocycles. The number of rotatable bonds is 7. The molecule has 1 saturated heterocycles. The number of primary amides is 1. The van der Waals surface area contributed by atoms with Crippen molar-refractivity contribution < 1.29 is 27.8 Å². The molecule has 3 aliphatic rings. The van der Waals surface area contributed by atoms with Crippen LogP contribution in [0.2, 0.25) is 0 Å². The Morgan fingerprint density at radius 1 is 1.23 bits per heavy atom. The molecule has 0 bridgehead atoms. The van der Waals surface area contributed by atoms with Gasteiger partial charge in [0.05, 0.1) is 31.8 Å². The summed E-state index contributed by atoms with van der Waals surface area (Å²) < 4.78 is 37.4. The molecular formula is C19H25F2N5O4. The maximum Gasteiger partial charge on any atom is 0.414 e. The minimum Gasteiger partial charge on any atom is -0.475 e. The Bertz CT molecular complexity index is 812. The number of nitrogens with one attached hydrogen (secondary N) is 1. The van der Waals surface area contributed by atoms with Gasteiger partial charge in [0.1, 0.15) is 0 Å². The van der Waals surface area contributed by atoms with Crippen molar-refractivity contribution in [2.45, 2.75) is 50.5 Å². The fraction of sp³-hybridized carbons (Fsp3) is 0.684. The van der Waals surface area contributed by atoms with Crippen molar-refractivity contribution in [1.29, 1.82) is 0 Å². The van der Waals surface area contributed by atoms with E-state index in [2.05, 4.69) is 15.3 Å². The number of carbonyl (C=O) groups excluding carboxylic acids is 2. The third-order valence-corrected chi connectivity index (χ3v) is 5.63. The van der Waals surface area contributed by atoms with Crippen molar-refractivity contribution in [3.63, 3.8) is 0 Å². The highest BCUT2D eigenvalue weighted by Gasteiger charge is 2.46. The molecular weight excluding hydrogens is 400 g/mol. The van der Waals surface area contributed by atoms with Gasteiger partial charge in [-0.15, -0.1) is 0 Å².